The van der Waals surface area contributed by atoms with Crippen LogP contribution in [0, 0.1) is 0 Å². The van der Waals surface area contributed by atoms with E-state index in [1.54, 1.807) is 0 Å². The highest BCUT2D eigenvalue weighted by Crippen LogP contribution is 2.09. The van der Waals surface area contributed by atoms with Crippen molar-refractivity contribution in [2.24, 2.45) is 0 Å². The van der Waals surface area contributed by atoms with Crippen LogP contribution in [-0.2, 0) is 0 Å². The van der Waals surface area contributed by atoms with Crippen LogP contribution in [0.25, 0.3) is 0 Å². The highest BCUT2D eigenvalue weighted by Gasteiger charge is 1.67. The summed E-state index contributed by atoms with van der Waals surface area (Å²) in [6.45, 7) is 4.37. The Morgan fingerprint density at radius 1 is 1.43 bits per heavy atom. The highest BCUT2D eigenvalue weighted by molar-refractivity contribution is 7.41. The van der Waals surface area contributed by atoms with Gasteiger partial charge in [-0.3, -0.25) is 0 Å². The van der Waals surface area contributed by atoms with Crippen LogP contribution < -0.4 is 0 Å². The van der Waals surface area contributed by atoms with Crippen molar-refractivity contribution in [3.05, 3.63) is 11.9 Å². The van der Waals surface area contributed by atoms with Gasteiger partial charge in [0, 0.05) is 0 Å². The molecule has 1 unspecified atom stereocenters. The maximum absolute atomic E-state index is 2.26. The van der Waals surface area contributed by atoms with Gasteiger partial charge in [-0.2, -0.15) is 0 Å². The van der Waals surface area contributed by atoms with Gasteiger partial charge in [-0.05, 0) is 12.6 Å². The lowest BCUT2D eigenvalue weighted by Crippen LogP contribution is -1.52. The molecule has 0 saturated carbocycles. The molecule has 42 valence electrons. The topological polar surface area (TPSA) is 0 Å². The van der Waals surface area contributed by atoms with Crippen molar-refractivity contribution < 1.29 is 0 Å². The van der Waals surface area contributed by atoms with E-state index in [-0.39, 0.29) is 0 Å². The molecule has 0 aliphatic heterocycles. The third-order valence-corrected chi connectivity index (χ3v) is 1.56. The normalized spacial score (nSPS) is 12.3. The van der Waals surface area contributed by atoms with Crippen LogP contribution in [0.3, 0.4) is 0 Å². The first kappa shape index (κ1) is 7.17. The van der Waals surface area contributed by atoms with Gasteiger partial charge in [-0.25, -0.2) is 0 Å². The van der Waals surface area contributed by atoms with Crippen molar-refractivity contribution in [2.75, 3.05) is 6.16 Å². The number of hydrogen-bond acceptors (Lipinski definition) is 0. The molecule has 0 heterocycles. The van der Waals surface area contributed by atoms with Crippen LogP contribution in [0.1, 0.15) is 20.3 Å². The fourth-order valence-corrected chi connectivity index (χ4v) is 0.957. The van der Waals surface area contributed by atoms with Crippen molar-refractivity contribution in [3.8, 4) is 0 Å². The first-order chi connectivity index (χ1) is 3.41. The van der Waals surface area contributed by atoms with Crippen LogP contribution in [0.5, 0.6) is 0 Å². The van der Waals surface area contributed by atoms with E-state index in [0.29, 0.717) is 0 Å². The van der Waals surface area contributed by atoms with E-state index >= 15 is 0 Å². The summed E-state index contributed by atoms with van der Waals surface area (Å²) in [4.78, 5) is 0. The molecule has 0 radical (unpaired) electrons. The molecule has 0 N–H and O–H groups in total. The molecule has 0 aliphatic rings. The van der Waals surface area contributed by atoms with Gasteiger partial charge in [0.15, 0.2) is 0 Å². The minimum atomic E-state index is 1.04. The minimum Gasteiger partial charge on any atom is -0.0990 e. The summed E-state index contributed by atoms with van der Waals surface area (Å²) < 4.78 is 0. The first-order valence-corrected chi connectivity index (χ1v) is 4.08. The number of allylic oxidation sites excluding steroid dienone is 1. The van der Waals surface area contributed by atoms with Crippen molar-refractivity contribution in [1.29, 1.82) is 0 Å². The Morgan fingerprint density at radius 2 is 2.14 bits per heavy atom. The van der Waals surface area contributed by atoms with Gasteiger partial charge in [0.05, 0.1) is 0 Å². The highest BCUT2D eigenvalue weighted by atomic mass is 31.1. The van der Waals surface area contributed by atoms with Crippen molar-refractivity contribution in [2.45, 2.75) is 20.3 Å². The zero-order valence-electron chi connectivity index (χ0n) is 5.07. The Hall–Kier alpha value is 0.170. The smallest absolute Gasteiger partial charge is 0.0347 e. The lowest BCUT2D eigenvalue weighted by atomic mass is 10.5. The van der Waals surface area contributed by atoms with E-state index < -0.39 is 0 Å². The molecule has 1 atom stereocenters. The lowest BCUT2D eigenvalue weighted by molar-refractivity contribution is 1.23. The molecule has 0 amide bonds. The standard InChI is InChI=1S/C6H13P/c1-3-5-6-7-4-2/h5-7H,3-4H2,1-2H3. The Morgan fingerprint density at radius 3 is 2.57 bits per heavy atom. The van der Waals surface area contributed by atoms with Crippen molar-refractivity contribution in [3.63, 3.8) is 0 Å². The molecule has 0 spiro atoms. The average Bonchev–Trinajstić information content (AvgIpc) is 1.69. The van der Waals surface area contributed by atoms with Gasteiger partial charge in [0.2, 0.25) is 0 Å². The lowest BCUT2D eigenvalue weighted by Gasteiger charge is -1.80. The van der Waals surface area contributed by atoms with E-state index in [2.05, 4.69) is 25.7 Å². The summed E-state index contributed by atoms with van der Waals surface area (Å²) in [6, 6.07) is 0. The molecule has 0 nitrogen and oxygen atoms in total. The SMILES string of the molecule is CCC=CPCC. The minimum absolute atomic E-state index is 1.04. The third-order valence-electron chi connectivity index (χ3n) is 0.676. The summed E-state index contributed by atoms with van der Waals surface area (Å²) in [5.41, 5.74) is 0. The molecule has 0 aromatic heterocycles. The Balaban J connectivity index is 2.78. The predicted molar refractivity (Wildman–Crippen MR) is 38.3 cm³/mol. The fraction of sp³-hybridized carbons (Fsp3) is 0.667. The van der Waals surface area contributed by atoms with E-state index in [1.165, 1.54) is 12.6 Å². The van der Waals surface area contributed by atoms with E-state index in [9.17, 15) is 0 Å². The largest absolute Gasteiger partial charge is 0.0990 e. The Labute approximate surface area is 47.8 Å². The second-order valence-electron chi connectivity index (χ2n) is 1.37. The summed E-state index contributed by atoms with van der Waals surface area (Å²) in [7, 11) is 1.04. The molecule has 0 aromatic rings. The molecule has 0 fully saturated rings. The molecule has 0 bridgehead atoms. The quantitative estimate of drug-likeness (QED) is 0.497. The average molecular weight is 116 g/mol. The molecule has 1 heteroatoms. The van der Waals surface area contributed by atoms with Crippen LogP contribution >= 0.6 is 8.58 Å². The first-order valence-electron chi connectivity index (χ1n) is 2.80. The maximum Gasteiger partial charge on any atom is -0.0347 e. The fourth-order valence-electron chi connectivity index (χ4n) is 0.319. The maximum atomic E-state index is 2.26. The Kier molecular flexibility index (Phi) is 6.32. The van der Waals surface area contributed by atoms with Gasteiger partial charge in [-0.1, -0.05) is 34.3 Å². The van der Waals surface area contributed by atoms with E-state index in [1.807, 2.05) is 0 Å². The van der Waals surface area contributed by atoms with Crippen LogP contribution in [0.2, 0.25) is 0 Å². The Bertz CT molecular complexity index is 48.1. The van der Waals surface area contributed by atoms with Crippen molar-refractivity contribution >= 4 is 8.58 Å². The van der Waals surface area contributed by atoms with Gasteiger partial charge in [-0.15, -0.1) is 0 Å². The van der Waals surface area contributed by atoms with E-state index in [0.717, 1.165) is 8.58 Å². The number of hydrogen-bond donors (Lipinski definition) is 0. The zero-order chi connectivity index (χ0) is 5.54. The van der Waals surface area contributed by atoms with Gasteiger partial charge in [0.25, 0.3) is 0 Å². The monoisotopic (exact) mass is 116 g/mol. The molecular formula is C6H13P. The predicted octanol–water partition coefficient (Wildman–Crippen LogP) is 2.61. The van der Waals surface area contributed by atoms with Gasteiger partial charge >= 0.3 is 0 Å². The number of rotatable bonds is 3. The van der Waals surface area contributed by atoms with Crippen LogP contribution in [0.4, 0.5) is 0 Å². The summed E-state index contributed by atoms with van der Waals surface area (Å²) in [5.74, 6) is 2.26. The van der Waals surface area contributed by atoms with Crippen molar-refractivity contribution in [1.82, 2.24) is 0 Å². The molecular weight excluding hydrogens is 103 g/mol. The molecule has 0 aromatic carbocycles. The molecule has 0 rings (SSSR count). The van der Waals surface area contributed by atoms with E-state index in [4.69, 9.17) is 0 Å². The summed E-state index contributed by atoms with van der Waals surface area (Å²) >= 11 is 0. The molecule has 0 aliphatic carbocycles. The second kappa shape index (κ2) is 6.17. The van der Waals surface area contributed by atoms with Crippen LogP contribution in [0.15, 0.2) is 11.9 Å². The molecule has 7 heavy (non-hydrogen) atoms. The second-order valence-corrected chi connectivity index (χ2v) is 2.82. The van der Waals surface area contributed by atoms with Gasteiger partial charge in [0.1, 0.15) is 0 Å². The zero-order valence-corrected chi connectivity index (χ0v) is 6.07. The van der Waals surface area contributed by atoms with Crippen LogP contribution in [-0.4, -0.2) is 6.16 Å². The summed E-state index contributed by atoms with van der Waals surface area (Å²) in [6.07, 6.45) is 4.71. The third kappa shape index (κ3) is 6.17. The molecule has 0 saturated heterocycles. The van der Waals surface area contributed by atoms with Gasteiger partial charge < -0.3 is 0 Å². The summed E-state index contributed by atoms with van der Waals surface area (Å²) in [5, 5.41) is 0.